The number of amides is 1. The highest BCUT2D eigenvalue weighted by molar-refractivity contribution is 9.11. The van der Waals surface area contributed by atoms with Crippen molar-refractivity contribution in [3.63, 3.8) is 0 Å². The number of non-ortho nitro benzene ring substituents is 1. The van der Waals surface area contributed by atoms with E-state index in [9.17, 15) is 20.2 Å². The molecule has 0 unspecified atom stereocenters. The van der Waals surface area contributed by atoms with Crippen molar-refractivity contribution in [2.45, 2.75) is 13.8 Å². The number of carbonyl (C=O) groups is 1. The molecule has 9 heteroatoms. The number of nitrogens with zero attached hydrogens (tertiary/aromatic N) is 2. The number of ether oxygens (including phenoxy) is 1. The van der Waals surface area contributed by atoms with Gasteiger partial charge in [-0.25, -0.2) is 0 Å². The number of halogens is 2. The first-order valence-corrected chi connectivity index (χ1v) is 11.6. The number of nitriles is 1. The quantitative estimate of drug-likeness (QED) is 0.142. The number of nitro benzene ring substituents is 1. The average molecular weight is 585 g/mol. The Hall–Kier alpha value is -3.48. The number of hydrogen-bond acceptors (Lipinski definition) is 5. The Morgan fingerprint density at radius 1 is 1.12 bits per heavy atom. The second kappa shape index (κ2) is 11.1. The molecule has 0 atom stereocenters. The van der Waals surface area contributed by atoms with E-state index < -0.39 is 4.92 Å². The first-order valence-electron chi connectivity index (χ1n) is 10.0. The van der Waals surface area contributed by atoms with Crippen LogP contribution in [-0.2, 0) is 4.79 Å². The van der Waals surface area contributed by atoms with Crippen LogP contribution in [0.4, 0.5) is 11.4 Å². The number of allylic oxidation sites excluding steroid dienone is 1. The van der Waals surface area contributed by atoms with Crippen LogP contribution in [-0.4, -0.2) is 17.4 Å². The molecule has 3 aromatic carbocycles. The van der Waals surface area contributed by atoms with Crippen molar-refractivity contribution in [2.24, 2.45) is 0 Å². The van der Waals surface area contributed by atoms with E-state index in [1.807, 2.05) is 32.0 Å². The van der Waals surface area contributed by atoms with Gasteiger partial charge in [0.2, 0.25) is 0 Å². The largest absolute Gasteiger partial charge is 0.481 e. The highest BCUT2D eigenvalue weighted by Gasteiger charge is 2.13. The molecule has 0 heterocycles. The zero-order valence-corrected chi connectivity index (χ0v) is 21.4. The van der Waals surface area contributed by atoms with E-state index in [1.54, 1.807) is 18.2 Å². The summed E-state index contributed by atoms with van der Waals surface area (Å²) in [6, 6.07) is 17.2. The molecular weight excluding hydrogens is 566 g/mol. The second-order valence-corrected chi connectivity index (χ2v) is 9.15. The minimum absolute atomic E-state index is 0.0466. The Kier molecular flexibility index (Phi) is 8.21. The van der Waals surface area contributed by atoms with Crippen molar-refractivity contribution in [2.75, 3.05) is 11.9 Å². The van der Waals surface area contributed by atoms with E-state index in [-0.39, 0.29) is 18.2 Å². The monoisotopic (exact) mass is 583 g/mol. The maximum absolute atomic E-state index is 12.4. The summed E-state index contributed by atoms with van der Waals surface area (Å²) in [4.78, 5) is 22.7. The molecule has 0 saturated carbocycles. The van der Waals surface area contributed by atoms with Crippen molar-refractivity contribution < 1.29 is 14.5 Å². The van der Waals surface area contributed by atoms with Gasteiger partial charge in [-0.1, -0.05) is 12.1 Å². The van der Waals surface area contributed by atoms with Crippen LogP contribution in [0.5, 0.6) is 5.75 Å². The van der Waals surface area contributed by atoms with Crippen LogP contribution in [0.25, 0.3) is 11.6 Å². The standard InChI is InChI=1S/C25H19Br2N3O4/c1-15-3-4-16(2)23(9-15)29-24(31)14-34-25-21(26)11-17(12-22(25)27)10-19(13-28)18-5-7-20(8-6-18)30(32)33/h3-12H,14H2,1-2H3,(H,29,31)/b19-10+. The van der Waals surface area contributed by atoms with Crippen molar-refractivity contribution in [3.05, 3.63) is 95.9 Å². The molecule has 0 spiro atoms. The SMILES string of the molecule is Cc1ccc(C)c(NC(=O)COc2c(Br)cc(/C=C(\C#N)c3ccc([N+](=O)[O-])cc3)cc2Br)c1. The first kappa shape index (κ1) is 25.1. The van der Waals surface area contributed by atoms with Crippen molar-refractivity contribution >= 4 is 60.8 Å². The van der Waals surface area contributed by atoms with E-state index >= 15 is 0 Å². The fraction of sp³-hybridized carbons (Fsp3) is 0.120. The number of aryl methyl sites for hydroxylation is 2. The van der Waals surface area contributed by atoms with E-state index in [1.165, 1.54) is 24.3 Å². The van der Waals surface area contributed by atoms with Gasteiger partial charge in [-0.3, -0.25) is 14.9 Å². The zero-order valence-electron chi connectivity index (χ0n) is 18.3. The normalized spacial score (nSPS) is 11.0. The Morgan fingerprint density at radius 3 is 2.35 bits per heavy atom. The molecule has 3 aromatic rings. The molecule has 1 N–H and O–H groups in total. The van der Waals surface area contributed by atoms with Gasteiger partial charge >= 0.3 is 0 Å². The Labute approximate surface area is 213 Å². The van der Waals surface area contributed by atoms with Gasteiger partial charge in [-0.15, -0.1) is 0 Å². The van der Waals surface area contributed by atoms with Gasteiger partial charge in [0.15, 0.2) is 6.61 Å². The van der Waals surface area contributed by atoms with Crippen LogP contribution in [0.1, 0.15) is 22.3 Å². The summed E-state index contributed by atoms with van der Waals surface area (Å²) in [7, 11) is 0. The Bertz CT molecular complexity index is 1310. The minimum atomic E-state index is -0.491. The van der Waals surface area contributed by atoms with E-state index in [0.29, 0.717) is 31.4 Å². The van der Waals surface area contributed by atoms with E-state index in [0.717, 1.165) is 16.8 Å². The molecule has 3 rings (SSSR count). The molecule has 0 fully saturated rings. The molecule has 0 aliphatic heterocycles. The third-order valence-electron chi connectivity index (χ3n) is 4.86. The number of carbonyl (C=O) groups excluding carboxylic acids is 1. The third-order valence-corrected chi connectivity index (χ3v) is 6.03. The van der Waals surface area contributed by atoms with Crippen LogP contribution < -0.4 is 10.1 Å². The lowest BCUT2D eigenvalue weighted by molar-refractivity contribution is -0.384. The predicted molar refractivity (Wildman–Crippen MR) is 138 cm³/mol. The summed E-state index contributed by atoms with van der Waals surface area (Å²) >= 11 is 6.91. The minimum Gasteiger partial charge on any atom is -0.481 e. The smallest absolute Gasteiger partial charge is 0.269 e. The summed E-state index contributed by atoms with van der Waals surface area (Å²) in [5.74, 6) is 0.156. The number of benzene rings is 3. The highest BCUT2D eigenvalue weighted by atomic mass is 79.9. The van der Waals surface area contributed by atoms with E-state index in [2.05, 4.69) is 43.2 Å². The molecule has 1 amide bonds. The molecule has 172 valence electrons. The number of rotatable bonds is 7. The molecule has 0 aliphatic rings. The van der Waals surface area contributed by atoms with Gasteiger partial charge in [-0.05, 0) is 104 Å². The maximum atomic E-state index is 12.4. The maximum Gasteiger partial charge on any atom is 0.269 e. The molecule has 0 saturated heterocycles. The van der Waals surface area contributed by atoms with Gasteiger partial charge in [-0.2, -0.15) is 5.26 Å². The lowest BCUT2D eigenvalue weighted by atomic mass is 10.0. The van der Waals surface area contributed by atoms with Crippen molar-refractivity contribution in [3.8, 4) is 11.8 Å². The second-order valence-electron chi connectivity index (χ2n) is 7.44. The van der Waals surface area contributed by atoms with Crippen molar-refractivity contribution in [1.29, 1.82) is 5.26 Å². The van der Waals surface area contributed by atoms with E-state index in [4.69, 9.17) is 4.74 Å². The van der Waals surface area contributed by atoms with Crippen LogP contribution in [0.3, 0.4) is 0 Å². The summed E-state index contributed by atoms with van der Waals surface area (Å²) in [5.41, 5.74) is 4.29. The predicted octanol–water partition coefficient (Wildman–Crippen LogP) is 6.82. The zero-order chi connectivity index (χ0) is 24.8. The fourth-order valence-electron chi connectivity index (χ4n) is 3.10. The van der Waals surface area contributed by atoms with Crippen LogP contribution in [0.2, 0.25) is 0 Å². The lowest BCUT2D eigenvalue weighted by Crippen LogP contribution is -2.21. The first-order chi connectivity index (χ1) is 16.2. The number of anilines is 1. The van der Waals surface area contributed by atoms with Gasteiger partial charge < -0.3 is 10.1 Å². The average Bonchev–Trinajstić information content (AvgIpc) is 2.79. The molecule has 0 radical (unpaired) electrons. The van der Waals surface area contributed by atoms with Crippen LogP contribution >= 0.6 is 31.9 Å². The van der Waals surface area contributed by atoms with Crippen LogP contribution in [0, 0.1) is 35.3 Å². The molecule has 0 aromatic heterocycles. The number of nitrogens with one attached hydrogen (secondary N) is 1. The summed E-state index contributed by atoms with van der Waals surface area (Å²) in [6.07, 6.45) is 1.66. The third kappa shape index (κ3) is 6.31. The summed E-state index contributed by atoms with van der Waals surface area (Å²) < 4.78 is 6.91. The molecule has 0 bridgehead atoms. The summed E-state index contributed by atoms with van der Waals surface area (Å²) in [5, 5.41) is 23.3. The van der Waals surface area contributed by atoms with Gasteiger partial charge in [0.05, 0.1) is 25.5 Å². The lowest BCUT2D eigenvalue weighted by Gasteiger charge is -2.13. The highest BCUT2D eigenvalue weighted by Crippen LogP contribution is 2.36. The molecule has 0 aliphatic carbocycles. The fourth-order valence-corrected chi connectivity index (χ4v) is 4.56. The van der Waals surface area contributed by atoms with Crippen LogP contribution in [0.15, 0.2) is 63.5 Å². The van der Waals surface area contributed by atoms with Gasteiger partial charge in [0, 0.05) is 17.8 Å². The Balaban J connectivity index is 1.75. The molecular formula is C25H19Br2N3O4. The number of nitro groups is 1. The molecule has 34 heavy (non-hydrogen) atoms. The Morgan fingerprint density at radius 2 is 1.76 bits per heavy atom. The number of hydrogen-bond donors (Lipinski definition) is 1. The summed E-state index contributed by atoms with van der Waals surface area (Å²) in [6.45, 7) is 3.68. The van der Waals surface area contributed by atoms with Gasteiger partial charge in [0.1, 0.15) is 5.75 Å². The molecule has 7 nitrogen and oxygen atoms in total. The topological polar surface area (TPSA) is 105 Å². The van der Waals surface area contributed by atoms with Crippen molar-refractivity contribution in [1.82, 2.24) is 0 Å². The van der Waals surface area contributed by atoms with Gasteiger partial charge in [0.25, 0.3) is 11.6 Å².